The lowest BCUT2D eigenvalue weighted by atomic mass is 10.3. The Morgan fingerprint density at radius 2 is 2.24 bits per heavy atom. The van der Waals surface area contributed by atoms with Crippen molar-refractivity contribution in [1.82, 2.24) is 4.57 Å². The number of non-ortho nitro benzene ring substituents is 1. The molecule has 0 unspecified atom stereocenters. The van der Waals surface area contributed by atoms with Crippen LogP contribution in [0.5, 0.6) is 0 Å². The molecule has 1 aromatic heterocycles. The van der Waals surface area contributed by atoms with Crippen molar-refractivity contribution in [3.05, 3.63) is 38.9 Å². The van der Waals surface area contributed by atoms with Crippen LogP contribution in [0.3, 0.4) is 0 Å². The first kappa shape index (κ1) is 11.7. The summed E-state index contributed by atoms with van der Waals surface area (Å²) in [5.74, 6) is -0.0860. The van der Waals surface area contributed by atoms with E-state index in [1.54, 1.807) is 0 Å². The Labute approximate surface area is 101 Å². The first-order chi connectivity index (χ1) is 8.13. The number of hydrogen-bond donors (Lipinski definition) is 0. The minimum absolute atomic E-state index is 0.101. The van der Waals surface area contributed by atoms with Gasteiger partial charge in [-0.1, -0.05) is 0 Å². The lowest BCUT2D eigenvalue weighted by molar-refractivity contribution is -0.384. The van der Waals surface area contributed by atoms with Gasteiger partial charge in [-0.15, -0.1) is 11.6 Å². The number of aromatic nitrogens is 1. The standard InChI is InChI=1S/C10H9ClN2O4/c11-4-1-5-12-8-3-2-7(13(15)16)6-9(8)17-10(12)14/h2-3,6H,1,4-5H2. The zero-order valence-corrected chi connectivity index (χ0v) is 9.51. The molecule has 0 bridgehead atoms. The summed E-state index contributed by atoms with van der Waals surface area (Å²) in [6, 6.07) is 4.09. The van der Waals surface area contributed by atoms with Crippen LogP contribution in [0.1, 0.15) is 6.42 Å². The lowest BCUT2D eigenvalue weighted by Gasteiger charge is -1.98. The molecule has 0 aliphatic heterocycles. The average Bonchev–Trinajstić information content (AvgIpc) is 2.61. The van der Waals surface area contributed by atoms with Crippen molar-refractivity contribution < 1.29 is 9.34 Å². The number of halogens is 1. The van der Waals surface area contributed by atoms with Crippen molar-refractivity contribution in [3.63, 3.8) is 0 Å². The summed E-state index contributed by atoms with van der Waals surface area (Å²) in [4.78, 5) is 21.5. The fraction of sp³-hybridized carbons (Fsp3) is 0.300. The molecule has 2 rings (SSSR count). The van der Waals surface area contributed by atoms with E-state index in [0.717, 1.165) is 0 Å². The molecule has 0 fully saturated rings. The third-order valence-electron chi connectivity index (χ3n) is 2.38. The van der Waals surface area contributed by atoms with Gasteiger partial charge >= 0.3 is 5.76 Å². The number of hydrogen-bond acceptors (Lipinski definition) is 4. The Bertz CT molecular complexity index is 616. The summed E-state index contributed by atoms with van der Waals surface area (Å²) in [5.41, 5.74) is 0.667. The van der Waals surface area contributed by atoms with Gasteiger partial charge < -0.3 is 4.42 Å². The topological polar surface area (TPSA) is 78.3 Å². The Kier molecular flexibility index (Phi) is 3.14. The fourth-order valence-electron chi connectivity index (χ4n) is 1.60. The number of nitrogens with zero attached hydrogens (tertiary/aromatic N) is 2. The molecule has 0 atom stereocenters. The number of nitro groups is 1. The van der Waals surface area contributed by atoms with Gasteiger partial charge in [0, 0.05) is 18.5 Å². The van der Waals surface area contributed by atoms with Crippen LogP contribution in [0.15, 0.2) is 27.4 Å². The molecule has 6 nitrogen and oxygen atoms in total. The van der Waals surface area contributed by atoms with Crippen molar-refractivity contribution in [3.8, 4) is 0 Å². The van der Waals surface area contributed by atoms with E-state index >= 15 is 0 Å². The summed E-state index contributed by atoms with van der Waals surface area (Å²) in [7, 11) is 0. The summed E-state index contributed by atoms with van der Waals surface area (Å²) < 4.78 is 6.36. The number of oxazole rings is 1. The number of fused-ring (bicyclic) bond motifs is 1. The van der Waals surface area contributed by atoms with Gasteiger partial charge in [-0.25, -0.2) is 4.79 Å². The van der Waals surface area contributed by atoms with Crippen LogP contribution in [0.4, 0.5) is 5.69 Å². The number of alkyl halides is 1. The van der Waals surface area contributed by atoms with E-state index in [2.05, 4.69) is 0 Å². The predicted octanol–water partition coefficient (Wildman–Crippen LogP) is 2.13. The zero-order valence-electron chi connectivity index (χ0n) is 8.76. The van der Waals surface area contributed by atoms with Crippen molar-refractivity contribution in [1.29, 1.82) is 0 Å². The fourth-order valence-corrected chi connectivity index (χ4v) is 1.72. The molecule has 0 saturated carbocycles. The van der Waals surface area contributed by atoms with E-state index < -0.39 is 10.7 Å². The van der Waals surface area contributed by atoms with E-state index in [9.17, 15) is 14.9 Å². The zero-order chi connectivity index (χ0) is 12.4. The number of rotatable bonds is 4. The van der Waals surface area contributed by atoms with Crippen molar-refractivity contribution >= 4 is 28.4 Å². The van der Waals surface area contributed by atoms with Crippen LogP contribution in [-0.2, 0) is 6.54 Å². The van der Waals surface area contributed by atoms with E-state index in [1.165, 1.54) is 22.8 Å². The largest absolute Gasteiger partial charge is 0.419 e. The average molecular weight is 257 g/mol. The van der Waals surface area contributed by atoms with Gasteiger partial charge in [0.15, 0.2) is 5.58 Å². The SMILES string of the molecule is O=c1oc2cc([N+](=O)[O-])ccc2n1CCCCl. The smallest absolute Gasteiger partial charge is 0.407 e. The first-order valence-electron chi connectivity index (χ1n) is 4.97. The Morgan fingerprint density at radius 3 is 2.88 bits per heavy atom. The summed E-state index contributed by atoms with van der Waals surface area (Å²) in [6.45, 7) is 0.438. The van der Waals surface area contributed by atoms with Gasteiger partial charge in [0.2, 0.25) is 0 Å². The molecule has 1 aromatic carbocycles. The Balaban J connectivity index is 2.52. The van der Waals surface area contributed by atoms with E-state index in [1.807, 2.05) is 0 Å². The highest BCUT2D eigenvalue weighted by atomic mass is 35.5. The minimum Gasteiger partial charge on any atom is -0.407 e. The molecule has 7 heteroatoms. The van der Waals surface area contributed by atoms with E-state index in [4.69, 9.17) is 16.0 Å². The monoisotopic (exact) mass is 256 g/mol. The molecule has 0 N–H and O–H groups in total. The maximum atomic E-state index is 11.5. The molecule has 0 spiro atoms. The van der Waals surface area contributed by atoms with Crippen LogP contribution in [0.25, 0.3) is 11.1 Å². The second-order valence-corrected chi connectivity index (χ2v) is 3.85. The van der Waals surface area contributed by atoms with Crippen LogP contribution in [-0.4, -0.2) is 15.4 Å². The van der Waals surface area contributed by atoms with Gasteiger partial charge in [-0.2, -0.15) is 0 Å². The molecular formula is C10H9ClN2O4. The number of benzene rings is 1. The minimum atomic E-state index is -0.532. The van der Waals surface area contributed by atoms with E-state index in [0.29, 0.717) is 24.4 Å². The maximum absolute atomic E-state index is 11.5. The van der Waals surface area contributed by atoms with Crippen molar-refractivity contribution in [2.75, 3.05) is 5.88 Å². The molecule has 17 heavy (non-hydrogen) atoms. The normalized spacial score (nSPS) is 10.9. The Hall–Kier alpha value is -1.82. The molecular weight excluding hydrogens is 248 g/mol. The van der Waals surface area contributed by atoms with E-state index in [-0.39, 0.29) is 11.3 Å². The highest BCUT2D eigenvalue weighted by Gasteiger charge is 2.13. The molecule has 0 aliphatic rings. The van der Waals surface area contributed by atoms with Crippen LogP contribution in [0.2, 0.25) is 0 Å². The molecule has 0 radical (unpaired) electrons. The Morgan fingerprint density at radius 1 is 1.47 bits per heavy atom. The highest BCUT2D eigenvalue weighted by Crippen LogP contribution is 2.20. The van der Waals surface area contributed by atoms with Crippen LogP contribution >= 0.6 is 11.6 Å². The van der Waals surface area contributed by atoms with Crippen LogP contribution < -0.4 is 5.76 Å². The lowest BCUT2D eigenvalue weighted by Crippen LogP contribution is -2.14. The molecule has 0 amide bonds. The van der Waals surface area contributed by atoms with Gasteiger partial charge in [0.25, 0.3) is 5.69 Å². The maximum Gasteiger partial charge on any atom is 0.419 e. The summed E-state index contributed by atoms with van der Waals surface area (Å²) in [5, 5.41) is 10.6. The first-order valence-corrected chi connectivity index (χ1v) is 5.50. The molecule has 0 aliphatic carbocycles. The van der Waals surface area contributed by atoms with Crippen molar-refractivity contribution in [2.24, 2.45) is 0 Å². The molecule has 1 heterocycles. The van der Waals surface area contributed by atoms with Crippen molar-refractivity contribution in [2.45, 2.75) is 13.0 Å². The third kappa shape index (κ3) is 2.16. The summed E-state index contributed by atoms with van der Waals surface area (Å²) >= 11 is 5.55. The summed E-state index contributed by atoms with van der Waals surface area (Å²) in [6.07, 6.45) is 0.632. The third-order valence-corrected chi connectivity index (χ3v) is 2.65. The predicted molar refractivity (Wildman–Crippen MR) is 62.5 cm³/mol. The molecule has 0 saturated heterocycles. The number of nitro benzene ring substituents is 1. The highest BCUT2D eigenvalue weighted by molar-refractivity contribution is 6.17. The number of aryl methyl sites for hydroxylation is 1. The second kappa shape index (κ2) is 4.58. The van der Waals surface area contributed by atoms with Gasteiger partial charge in [0.05, 0.1) is 16.5 Å². The van der Waals surface area contributed by atoms with Gasteiger partial charge in [-0.3, -0.25) is 14.7 Å². The second-order valence-electron chi connectivity index (χ2n) is 3.47. The van der Waals surface area contributed by atoms with Gasteiger partial charge in [0.1, 0.15) is 0 Å². The molecule has 90 valence electrons. The molecule has 2 aromatic rings. The van der Waals surface area contributed by atoms with Gasteiger partial charge in [-0.05, 0) is 12.5 Å². The van der Waals surface area contributed by atoms with Crippen LogP contribution in [0, 0.1) is 10.1 Å². The quantitative estimate of drug-likeness (QED) is 0.477.